The van der Waals surface area contributed by atoms with Gasteiger partial charge in [-0.05, 0) is 19.3 Å². The van der Waals surface area contributed by atoms with Crippen molar-refractivity contribution in [2.75, 3.05) is 13.2 Å². The van der Waals surface area contributed by atoms with Crippen molar-refractivity contribution in [1.82, 2.24) is 5.32 Å². The van der Waals surface area contributed by atoms with E-state index < -0.39 is 76.9 Å². The molecule has 0 unspecified atom stereocenters. The van der Waals surface area contributed by atoms with Gasteiger partial charge in [-0.2, -0.15) is 16.8 Å². The standard InChI is InChI=1S/C30H57NO14S2/c1-3-5-7-8-9-10-11-12-13-14-15-16-18-19-24(32)23(31-26(33)20-17-6-4-2)21-42-30-29(45-47(39,40)41)28(35)27(34)25(44-30)22-43-46(36,37)38/h18-19,23-25,27-30,32,34-35H,3-17,20-22H2,1-2H3,(H,31,33)(H,36,37,38)(H,39,40,41)/b19-18+/t23-,24+,25+,27-,28-,29+,30+/m0/s1. The summed E-state index contributed by atoms with van der Waals surface area (Å²) in [5, 5.41) is 34.4. The lowest BCUT2D eigenvalue weighted by molar-refractivity contribution is -0.296. The van der Waals surface area contributed by atoms with Gasteiger partial charge in [0.05, 0.1) is 25.4 Å². The van der Waals surface area contributed by atoms with Gasteiger partial charge in [0, 0.05) is 6.42 Å². The lowest BCUT2D eigenvalue weighted by atomic mass is 9.99. The molecule has 47 heavy (non-hydrogen) atoms. The normalized spacial score (nSPS) is 23.6. The van der Waals surface area contributed by atoms with E-state index in [1.807, 2.05) is 6.92 Å². The zero-order valence-electron chi connectivity index (χ0n) is 27.7. The molecule has 0 radical (unpaired) electrons. The molecule has 1 amide bonds. The number of nitrogens with one attached hydrogen (secondary N) is 1. The monoisotopic (exact) mass is 719 g/mol. The highest BCUT2D eigenvalue weighted by Gasteiger charge is 2.48. The second-order valence-corrected chi connectivity index (χ2v) is 14.1. The van der Waals surface area contributed by atoms with E-state index in [1.165, 1.54) is 57.4 Å². The van der Waals surface area contributed by atoms with Crippen LogP contribution in [0.1, 0.15) is 117 Å². The zero-order chi connectivity index (χ0) is 35.3. The molecular formula is C30H57NO14S2. The molecule has 1 saturated heterocycles. The first-order valence-corrected chi connectivity index (χ1v) is 19.5. The van der Waals surface area contributed by atoms with Gasteiger partial charge >= 0.3 is 20.8 Å². The van der Waals surface area contributed by atoms with Crippen LogP contribution < -0.4 is 5.32 Å². The zero-order valence-corrected chi connectivity index (χ0v) is 29.3. The van der Waals surface area contributed by atoms with E-state index in [2.05, 4.69) is 20.6 Å². The van der Waals surface area contributed by atoms with Crippen LogP contribution in [0.2, 0.25) is 0 Å². The highest BCUT2D eigenvalue weighted by molar-refractivity contribution is 7.81. The largest absolute Gasteiger partial charge is 0.397 e. The van der Waals surface area contributed by atoms with Crippen LogP contribution in [0.25, 0.3) is 0 Å². The molecule has 0 aromatic heterocycles. The highest BCUT2D eigenvalue weighted by atomic mass is 32.3. The van der Waals surface area contributed by atoms with Crippen LogP contribution in [0.15, 0.2) is 12.2 Å². The van der Waals surface area contributed by atoms with Crippen LogP contribution in [0.3, 0.4) is 0 Å². The van der Waals surface area contributed by atoms with Crippen LogP contribution in [0.5, 0.6) is 0 Å². The molecule has 1 aliphatic heterocycles. The van der Waals surface area contributed by atoms with Gasteiger partial charge in [0.1, 0.15) is 18.3 Å². The predicted octanol–water partition coefficient (Wildman–Crippen LogP) is 3.14. The Morgan fingerprint density at radius 3 is 1.94 bits per heavy atom. The molecule has 1 rings (SSSR count). The fourth-order valence-corrected chi connectivity index (χ4v) is 5.90. The molecule has 15 nitrogen and oxygen atoms in total. The second kappa shape index (κ2) is 24.0. The van der Waals surface area contributed by atoms with Gasteiger partial charge in [0.15, 0.2) is 12.4 Å². The van der Waals surface area contributed by atoms with Crippen molar-refractivity contribution in [3.63, 3.8) is 0 Å². The summed E-state index contributed by atoms with van der Waals surface area (Å²) < 4.78 is 82.6. The lowest BCUT2D eigenvalue weighted by Crippen LogP contribution is -2.61. The number of aliphatic hydroxyl groups excluding tert-OH is 3. The van der Waals surface area contributed by atoms with E-state index in [-0.39, 0.29) is 12.3 Å². The minimum atomic E-state index is -5.21. The van der Waals surface area contributed by atoms with Gasteiger partial charge in [0.25, 0.3) is 0 Å². The number of hydrogen-bond donors (Lipinski definition) is 6. The Balaban J connectivity index is 2.82. The third-order valence-corrected chi connectivity index (χ3v) is 8.67. The second-order valence-electron chi connectivity index (χ2n) is 11.9. The SMILES string of the molecule is CCCCCCCCCCCCC/C=C/[C@@H](O)[C@H](CO[C@@H]1O[C@H](COS(=O)(=O)O)[C@H](O)[C@H](O)[C@H]1OS(=O)(=O)O)NC(=O)CCCCC. The number of unbranched alkanes of at least 4 members (excludes halogenated alkanes) is 13. The summed E-state index contributed by atoms with van der Waals surface area (Å²) in [6.07, 6.45) is 8.72. The van der Waals surface area contributed by atoms with Gasteiger partial charge in [-0.3, -0.25) is 13.9 Å². The number of carbonyl (C=O) groups is 1. The maximum atomic E-state index is 12.6. The molecule has 17 heteroatoms. The van der Waals surface area contributed by atoms with E-state index in [9.17, 15) is 41.5 Å². The molecule has 7 atom stereocenters. The van der Waals surface area contributed by atoms with Crippen molar-refractivity contribution in [1.29, 1.82) is 0 Å². The number of allylic oxidation sites excluding steroid dienone is 1. The van der Waals surface area contributed by atoms with Gasteiger partial charge in [-0.1, -0.05) is 103 Å². The number of hydrogen-bond acceptors (Lipinski definition) is 12. The van der Waals surface area contributed by atoms with E-state index >= 15 is 0 Å². The summed E-state index contributed by atoms with van der Waals surface area (Å²) in [4.78, 5) is 12.6. The van der Waals surface area contributed by atoms with Gasteiger partial charge in [-0.15, -0.1) is 0 Å². The number of carbonyl (C=O) groups excluding carboxylic acids is 1. The summed E-state index contributed by atoms with van der Waals surface area (Å²) in [5.41, 5.74) is 0. The van der Waals surface area contributed by atoms with Gasteiger partial charge in [-0.25, -0.2) is 8.37 Å². The molecule has 0 spiro atoms. The number of rotatable bonds is 27. The fourth-order valence-electron chi connectivity index (χ4n) is 5.11. The maximum absolute atomic E-state index is 12.6. The van der Waals surface area contributed by atoms with Crippen LogP contribution in [0, 0.1) is 0 Å². The molecule has 0 bridgehead atoms. The maximum Gasteiger partial charge on any atom is 0.397 e. The first-order valence-electron chi connectivity index (χ1n) is 16.7. The van der Waals surface area contributed by atoms with Crippen molar-refractivity contribution in [2.24, 2.45) is 0 Å². The molecule has 1 aliphatic rings. The molecule has 0 aromatic rings. The Hall–Kier alpha value is -1.25. The molecule has 6 N–H and O–H groups in total. The molecule has 1 heterocycles. The molecule has 278 valence electrons. The predicted molar refractivity (Wildman–Crippen MR) is 173 cm³/mol. The summed E-state index contributed by atoms with van der Waals surface area (Å²) in [6, 6.07) is -1.08. The molecule has 0 aliphatic carbocycles. The summed E-state index contributed by atoms with van der Waals surface area (Å²) in [6.45, 7) is 2.67. The first kappa shape index (κ1) is 43.8. The van der Waals surface area contributed by atoms with Gasteiger partial charge in [0.2, 0.25) is 5.91 Å². The van der Waals surface area contributed by atoms with Crippen molar-refractivity contribution >= 4 is 26.7 Å². The van der Waals surface area contributed by atoms with Crippen molar-refractivity contribution in [3.05, 3.63) is 12.2 Å². The van der Waals surface area contributed by atoms with Crippen LogP contribution in [-0.4, -0.2) is 103 Å². The highest BCUT2D eigenvalue weighted by Crippen LogP contribution is 2.26. The quantitative estimate of drug-likeness (QED) is 0.0407. The molecule has 1 fully saturated rings. The van der Waals surface area contributed by atoms with Gasteiger partial charge < -0.3 is 30.1 Å². The molecule has 0 aromatic carbocycles. The molecule has 0 saturated carbocycles. The topological polar surface area (TPSA) is 235 Å². The Morgan fingerprint density at radius 1 is 0.830 bits per heavy atom. The number of ether oxygens (including phenoxy) is 2. The Bertz CT molecular complexity index is 1090. The van der Waals surface area contributed by atoms with Crippen molar-refractivity contribution in [2.45, 2.75) is 159 Å². The summed E-state index contributed by atoms with van der Waals surface area (Å²) >= 11 is 0. The van der Waals surface area contributed by atoms with Crippen LogP contribution in [-0.2, 0) is 43.4 Å². The molecular weight excluding hydrogens is 662 g/mol. The lowest BCUT2D eigenvalue weighted by Gasteiger charge is -2.41. The van der Waals surface area contributed by atoms with Crippen molar-refractivity contribution < 1.29 is 63.9 Å². The Labute approximate surface area is 280 Å². The average molecular weight is 720 g/mol. The van der Waals surface area contributed by atoms with E-state index in [4.69, 9.17) is 14.0 Å². The number of amides is 1. The third kappa shape index (κ3) is 20.8. The Morgan fingerprint density at radius 2 is 1.38 bits per heavy atom. The van der Waals surface area contributed by atoms with E-state index in [0.29, 0.717) is 12.8 Å². The van der Waals surface area contributed by atoms with E-state index in [1.54, 1.807) is 6.08 Å². The average Bonchev–Trinajstić information content (AvgIpc) is 2.99. The van der Waals surface area contributed by atoms with Crippen LogP contribution in [0.4, 0.5) is 0 Å². The van der Waals surface area contributed by atoms with Crippen molar-refractivity contribution in [3.8, 4) is 0 Å². The minimum Gasteiger partial charge on any atom is -0.387 e. The smallest absolute Gasteiger partial charge is 0.387 e. The van der Waals surface area contributed by atoms with Crippen LogP contribution >= 0.6 is 0 Å². The summed E-state index contributed by atoms with van der Waals surface area (Å²) in [5.74, 6) is -0.380. The third-order valence-electron chi connectivity index (χ3n) is 7.77. The summed E-state index contributed by atoms with van der Waals surface area (Å²) in [7, 11) is -10.2. The fraction of sp³-hybridized carbons (Fsp3) is 0.900. The first-order chi connectivity index (χ1) is 22.2. The Kier molecular flexibility index (Phi) is 22.3. The van der Waals surface area contributed by atoms with E-state index in [0.717, 1.165) is 32.1 Å². The number of aliphatic hydroxyl groups is 3. The minimum absolute atomic E-state index is 0.174.